The third-order valence-electron chi connectivity index (χ3n) is 2.67. The summed E-state index contributed by atoms with van der Waals surface area (Å²) in [5.74, 6) is 0. The number of fused-ring (bicyclic) bond motifs is 1. The smallest absolute Gasteiger partial charge is 0.0907 e. The van der Waals surface area contributed by atoms with E-state index < -0.39 is 5.60 Å². The maximum absolute atomic E-state index is 9.93. The standard InChI is InChI=1S/C14H15NOS2/c1-14(2,16)13(18)12(17)10-7-9-5-3-4-6-11(9)15-8-10/h3-8,16-18H,1-2H3/b13-12+. The maximum atomic E-state index is 9.93. The molecule has 0 saturated carbocycles. The first-order chi connectivity index (χ1) is 8.39. The zero-order valence-corrected chi connectivity index (χ0v) is 12.0. The average Bonchev–Trinajstić information content (AvgIpc) is 2.35. The molecule has 0 bridgehead atoms. The summed E-state index contributed by atoms with van der Waals surface area (Å²) >= 11 is 8.77. The van der Waals surface area contributed by atoms with Crippen molar-refractivity contribution in [3.8, 4) is 0 Å². The molecule has 1 aromatic carbocycles. The van der Waals surface area contributed by atoms with Gasteiger partial charge in [-0.25, -0.2) is 0 Å². The highest BCUT2D eigenvalue weighted by Gasteiger charge is 2.20. The Labute approximate surface area is 118 Å². The van der Waals surface area contributed by atoms with Gasteiger partial charge in [-0.05, 0) is 26.0 Å². The molecular formula is C14H15NOS2. The molecule has 1 aromatic heterocycles. The fourth-order valence-corrected chi connectivity index (χ4v) is 2.15. The summed E-state index contributed by atoms with van der Waals surface area (Å²) in [6.07, 6.45) is 1.74. The third kappa shape index (κ3) is 2.71. The fraction of sp³-hybridized carbons (Fsp3) is 0.214. The lowest BCUT2D eigenvalue weighted by Gasteiger charge is -2.19. The Morgan fingerprint density at radius 2 is 1.89 bits per heavy atom. The third-order valence-corrected chi connectivity index (χ3v) is 4.10. The molecular weight excluding hydrogens is 262 g/mol. The monoisotopic (exact) mass is 277 g/mol. The first-order valence-electron chi connectivity index (χ1n) is 5.60. The van der Waals surface area contributed by atoms with E-state index in [0.717, 1.165) is 16.5 Å². The molecule has 0 aliphatic heterocycles. The predicted octanol–water partition coefficient (Wildman–Crippen LogP) is 3.53. The van der Waals surface area contributed by atoms with Crippen LogP contribution in [-0.2, 0) is 0 Å². The van der Waals surface area contributed by atoms with Gasteiger partial charge in [0.25, 0.3) is 0 Å². The molecule has 0 fully saturated rings. The Bertz CT molecular complexity index is 614. The zero-order chi connectivity index (χ0) is 13.3. The van der Waals surface area contributed by atoms with Crippen LogP contribution >= 0.6 is 25.3 Å². The molecule has 0 amide bonds. The highest BCUT2D eigenvalue weighted by Crippen LogP contribution is 2.32. The van der Waals surface area contributed by atoms with E-state index in [4.69, 9.17) is 0 Å². The largest absolute Gasteiger partial charge is 0.385 e. The van der Waals surface area contributed by atoms with Gasteiger partial charge < -0.3 is 5.11 Å². The van der Waals surface area contributed by atoms with E-state index in [1.807, 2.05) is 30.3 Å². The Hall–Kier alpha value is -0.970. The van der Waals surface area contributed by atoms with Crippen LogP contribution in [0.25, 0.3) is 15.8 Å². The molecule has 2 aromatic rings. The number of pyridine rings is 1. The van der Waals surface area contributed by atoms with Crippen LogP contribution in [0.2, 0.25) is 0 Å². The zero-order valence-electron chi connectivity index (χ0n) is 10.3. The average molecular weight is 277 g/mol. The van der Waals surface area contributed by atoms with Crippen LogP contribution in [0.3, 0.4) is 0 Å². The topological polar surface area (TPSA) is 33.1 Å². The molecule has 0 aliphatic carbocycles. The van der Waals surface area contributed by atoms with Gasteiger partial charge in [0.05, 0.1) is 11.1 Å². The van der Waals surface area contributed by atoms with Gasteiger partial charge in [0.1, 0.15) is 0 Å². The SMILES string of the molecule is CC(C)(O)/C(S)=C(\S)c1cnc2ccccc2c1. The van der Waals surface area contributed by atoms with Gasteiger partial charge >= 0.3 is 0 Å². The van der Waals surface area contributed by atoms with Crippen molar-refractivity contribution in [1.29, 1.82) is 0 Å². The van der Waals surface area contributed by atoms with Gasteiger partial charge in [0, 0.05) is 27.0 Å². The molecule has 0 saturated heterocycles. The van der Waals surface area contributed by atoms with Gasteiger partial charge in [0.15, 0.2) is 0 Å². The number of nitrogens with zero attached hydrogens (tertiary/aromatic N) is 1. The molecule has 2 rings (SSSR count). The van der Waals surface area contributed by atoms with Crippen molar-refractivity contribution in [2.24, 2.45) is 0 Å². The summed E-state index contributed by atoms with van der Waals surface area (Å²) in [5, 5.41) is 11.0. The number of hydrogen-bond donors (Lipinski definition) is 3. The minimum atomic E-state index is -1.01. The van der Waals surface area contributed by atoms with E-state index in [1.165, 1.54) is 0 Å². The number of thiol groups is 2. The van der Waals surface area contributed by atoms with E-state index in [0.29, 0.717) is 9.81 Å². The molecule has 94 valence electrons. The van der Waals surface area contributed by atoms with Gasteiger partial charge in [-0.2, -0.15) is 0 Å². The molecule has 1 N–H and O–H groups in total. The van der Waals surface area contributed by atoms with Crippen molar-refractivity contribution in [2.45, 2.75) is 19.4 Å². The van der Waals surface area contributed by atoms with Crippen LogP contribution in [0.15, 0.2) is 41.4 Å². The van der Waals surface area contributed by atoms with Crippen LogP contribution in [0.1, 0.15) is 19.4 Å². The number of hydrogen-bond acceptors (Lipinski definition) is 4. The minimum Gasteiger partial charge on any atom is -0.385 e. The molecule has 4 heteroatoms. The molecule has 2 nitrogen and oxygen atoms in total. The predicted molar refractivity (Wildman–Crippen MR) is 82.9 cm³/mol. The quantitative estimate of drug-likeness (QED) is 0.734. The van der Waals surface area contributed by atoms with E-state index in [9.17, 15) is 5.11 Å². The molecule has 0 atom stereocenters. The van der Waals surface area contributed by atoms with Crippen LogP contribution in [0.4, 0.5) is 0 Å². The van der Waals surface area contributed by atoms with E-state index in [2.05, 4.69) is 30.2 Å². The molecule has 18 heavy (non-hydrogen) atoms. The minimum absolute atomic E-state index is 0.530. The molecule has 0 aliphatic rings. The van der Waals surface area contributed by atoms with Gasteiger partial charge in [0.2, 0.25) is 0 Å². The normalized spacial score (nSPS) is 13.6. The van der Waals surface area contributed by atoms with Crippen molar-refractivity contribution in [1.82, 2.24) is 4.98 Å². The Morgan fingerprint density at radius 1 is 1.22 bits per heavy atom. The lowest BCUT2D eigenvalue weighted by atomic mass is 10.1. The summed E-state index contributed by atoms with van der Waals surface area (Å²) in [6.45, 7) is 3.36. The maximum Gasteiger partial charge on any atom is 0.0907 e. The van der Waals surface area contributed by atoms with Crippen LogP contribution < -0.4 is 0 Å². The number of rotatable bonds is 2. The van der Waals surface area contributed by atoms with Gasteiger partial charge in [-0.15, -0.1) is 25.3 Å². The van der Waals surface area contributed by atoms with E-state index in [-0.39, 0.29) is 0 Å². The summed E-state index contributed by atoms with van der Waals surface area (Å²) in [4.78, 5) is 5.54. The van der Waals surface area contributed by atoms with Crippen molar-refractivity contribution in [2.75, 3.05) is 0 Å². The van der Waals surface area contributed by atoms with Gasteiger partial charge in [-0.1, -0.05) is 18.2 Å². The Kier molecular flexibility index (Phi) is 3.71. The fourth-order valence-electron chi connectivity index (χ4n) is 1.63. The lowest BCUT2D eigenvalue weighted by Crippen LogP contribution is -2.19. The van der Waals surface area contributed by atoms with Crippen molar-refractivity contribution in [3.63, 3.8) is 0 Å². The van der Waals surface area contributed by atoms with Crippen LogP contribution in [0, 0.1) is 0 Å². The lowest BCUT2D eigenvalue weighted by molar-refractivity contribution is 0.130. The highest BCUT2D eigenvalue weighted by atomic mass is 32.1. The Balaban J connectivity index is 2.55. The number of aromatic nitrogens is 1. The van der Waals surface area contributed by atoms with Crippen molar-refractivity contribution in [3.05, 3.63) is 47.0 Å². The van der Waals surface area contributed by atoms with Gasteiger partial charge in [-0.3, -0.25) is 4.98 Å². The van der Waals surface area contributed by atoms with E-state index in [1.54, 1.807) is 20.0 Å². The van der Waals surface area contributed by atoms with Crippen molar-refractivity contribution < 1.29 is 5.11 Å². The highest BCUT2D eigenvalue weighted by molar-refractivity contribution is 7.93. The number of benzene rings is 1. The molecule has 1 heterocycles. The van der Waals surface area contributed by atoms with Crippen LogP contribution in [0.5, 0.6) is 0 Å². The first kappa shape index (κ1) is 13.5. The summed E-state index contributed by atoms with van der Waals surface area (Å²) < 4.78 is 0. The number of para-hydroxylation sites is 1. The Morgan fingerprint density at radius 3 is 2.56 bits per heavy atom. The van der Waals surface area contributed by atoms with Crippen LogP contribution in [-0.4, -0.2) is 15.7 Å². The molecule has 0 unspecified atom stereocenters. The molecule has 0 spiro atoms. The second-order valence-electron chi connectivity index (χ2n) is 4.67. The summed E-state index contributed by atoms with van der Waals surface area (Å²) in [5.41, 5.74) is 0.779. The summed E-state index contributed by atoms with van der Waals surface area (Å²) in [7, 11) is 0. The first-order valence-corrected chi connectivity index (χ1v) is 6.49. The second-order valence-corrected chi connectivity index (χ2v) is 5.57. The van der Waals surface area contributed by atoms with E-state index >= 15 is 0 Å². The summed E-state index contributed by atoms with van der Waals surface area (Å²) in [6, 6.07) is 9.86. The number of aliphatic hydroxyl groups is 1. The van der Waals surface area contributed by atoms with Crippen molar-refractivity contribution >= 4 is 41.1 Å². The molecule has 0 radical (unpaired) electrons. The second kappa shape index (κ2) is 4.96.